The number of rotatable bonds is 6. The van der Waals surface area contributed by atoms with Crippen molar-refractivity contribution in [3.8, 4) is 0 Å². The molecule has 0 amide bonds. The molecule has 2 aromatic rings. The third-order valence-corrected chi connectivity index (χ3v) is 5.83. The van der Waals surface area contributed by atoms with Gasteiger partial charge in [-0.15, -0.1) is 0 Å². The van der Waals surface area contributed by atoms with Crippen LogP contribution < -0.4 is 5.32 Å². The van der Waals surface area contributed by atoms with Gasteiger partial charge in [-0.2, -0.15) is 0 Å². The molecule has 1 saturated carbocycles. The number of nitrogens with one attached hydrogen (secondary N) is 1. The van der Waals surface area contributed by atoms with Gasteiger partial charge in [0.05, 0.1) is 18.2 Å². The first-order chi connectivity index (χ1) is 11.8. The van der Waals surface area contributed by atoms with Crippen LogP contribution in [-0.4, -0.2) is 35.5 Å². The molecule has 0 spiro atoms. The summed E-state index contributed by atoms with van der Waals surface area (Å²) in [4.78, 5) is 4.55. The van der Waals surface area contributed by atoms with Gasteiger partial charge in [0.2, 0.25) is 0 Å². The number of aromatic nitrogens is 1. The molecule has 1 aliphatic heterocycles. The highest BCUT2D eigenvalue weighted by atomic mass is 16.5. The second-order valence-corrected chi connectivity index (χ2v) is 7.32. The minimum Gasteiger partial charge on any atom is -0.396 e. The number of fused-ring (bicyclic) bond motifs is 1. The van der Waals surface area contributed by atoms with Crippen LogP contribution in [0.4, 0.5) is 0 Å². The third kappa shape index (κ3) is 2.94. The fourth-order valence-corrected chi connectivity index (χ4v) is 4.25. The van der Waals surface area contributed by atoms with Crippen LogP contribution in [0.15, 0.2) is 36.5 Å². The number of aliphatic hydroxyl groups is 1. The number of ether oxygens (including phenoxy) is 1. The number of nitrogens with zero attached hydrogens (tertiary/aromatic N) is 1. The zero-order valence-electron chi connectivity index (χ0n) is 14.1. The molecular formula is C20H26N2O2. The summed E-state index contributed by atoms with van der Waals surface area (Å²) in [5.41, 5.74) is 2.21. The molecular weight excluding hydrogens is 300 g/mol. The number of aliphatic hydroxyl groups excluding tert-OH is 1. The quantitative estimate of drug-likeness (QED) is 0.857. The number of hydrogen-bond acceptors (Lipinski definition) is 4. The fraction of sp³-hybridized carbons (Fsp3) is 0.550. The van der Waals surface area contributed by atoms with Crippen LogP contribution in [0.2, 0.25) is 0 Å². The topological polar surface area (TPSA) is 54.4 Å². The van der Waals surface area contributed by atoms with Crippen molar-refractivity contribution in [3.63, 3.8) is 0 Å². The lowest BCUT2D eigenvalue weighted by Crippen LogP contribution is -2.57. The van der Waals surface area contributed by atoms with E-state index in [4.69, 9.17) is 4.74 Å². The molecule has 1 aromatic carbocycles. The maximum absolute atomic E-state index is 10.00. The fourth-order valence-electron chi connectivity index (χ4n) is 4.25. The second-order valence-electron chi connectivity index (χ2n) is 7.32. The van der Waals surface area contributed by atoms with Gasteiger partial charge in [-0.1, -0.05) is 24.6 Å². The van der Waals surface area contributed by atoms with Gasteiger partial charge in [-0.25, -0.2) is 0 Å². The SMILES string of the molecule is OCC1(C(NCc2cnc3ccccc3c2)C2CCCO2)CCC1. The maximum atomic E-state index is 10.00. The molecule has 2 aliphatic rings. The summed E-state index contributed by atoms with van der Waals surface area (Å²) < 4.78 is 5.97. The monoisotopic (exact) mass is 326 g/mol. The van der Waals surface area contributed by atoms with Gasteiger partial charge < -0.3 is 15.2 Å². The Morgan fingerprint density at radius 2 is 2.17 bits per heavy atom. The molecule has 4 rings (SSSR count). The molecule has 2 heterocycles. The van der Waals surface area contributed by atoms with Crippen LogP contribution in [0.1, 0.15) is 37.7 Å². The molecule has 4 heteroatoms. The second kappa shape index (κ2) is 6.79. The summed E-state index contributed by atoms with van der Waals surface area (Å²) in [6.07, 6.45) is 7.80. The van der Waals surface area contributed by atoms with E-state index < -0.39 is 0 Å². The maximum Gasteiger partial charge on any atom is 0.0735 e. The summed E-state index contributed by atoms with van der Waals surface area (Å²) in [7, 11) is 0. The summed E-state index contributed by atoms with van der Waals surface area (Å²) in [6.45, 7) is 1.87. The molecule has 1 aliphatic carbocycles. The van der Waals surface area contributed by atoms with Crippen molar-refractivity contribution in [3.05, 3.63) is 42.1 Å². The lowest BCUT2D eigenvalue weighted by Gasteiger charge is -2.49. The van der Waals surface area contributed by atoms with Crippen LogP contribution in [0.25, 0.3) is 10.9 Å². The third-order valence-electron chi connectivity index (χ3n) is 5.83. The van der Waals surface area contributed by atoms with Crippen molar-refractivity contribution < 1.29 is 9.84 Å². The largest absolute Gasteiger partial charge is 0.396 e. The number of pyridine rings is 1. The highest BCUT2D eigenvalue weighted by molar-refractivity contribution is 5.78. The Bertz CT molecular complexity index is 687. The molecule has 2 fully saturated rings. The summed E-state index contributed by atoms with van der Waals surface area (Å²) in [5, 5.41) is 14.9. The Kier molecular flexibility index (Phi) is 4.53. The summed E-state index contributed by atoms with van der Waals surface area (Å²) in [6, 6.07) is 10.6. The molecule has 2 N–H and O–H groups in total. The van der Waals surface area contributed by atoms with Crippen LogP contribution in [0.5, 0.6) is 0 Å². The van der Waals surface area contributed by atoms with Gasteiger partial charge in [-0.3, -0.25) is 4.98 Å². The molecule has 24 heavy (non-hydrogen) atoms. The van der Waals surface area contributed by atoms with E-state index >= 15 is 0 Å². The van der Waals surface area contributed by atoms with Gasteiger partial charge >= 0.3 is 0 Å². The van der Waals surface area contributed by atoms with Crippen LogP contribution in [0, 0.1) is 5.41 Å². The van der Waals surface area contributed by atoms with E-state index in [-0.39, 0.29) is 24.2 Å². The molecule has 2 atom stereocenters. The predicted octanol–water partition coefficient (Wildman–Crippen LogP) is 3.03. The van der Waals surface area contributed by atoms with Crippen molar-refractivity contribution >= 4 is 10.9 Å². The zero-order chi connectivity index (χ0) is 16.4. The Morgan fingerprint density at radius 1 is 1.29 bits per heavy atom. The van der Waals surface area contributed by atoms with Gasteiger partial charge in [0, 0.05) is 36.2 Å². The van der Waals surface area contributed by atoms with E-state index in [0.29, 0.717) is 0 Å². The van der Waals surface area contributed by atoms with Gasteiger partial charge in [0.1, 0.15) is 0 Å². The van der Waals surface area contributed by atoms with Crippen LogP contribution >= 0.6 is 0 Å². The summed E-state index contributed by atoms with van der Waals surface area (Å²) >= 11 is 0. The van der Waals surface area contributed by atoms with E-state index in [0.717, 1.165) is 44.4 Å². The van der Waals surface area contributed by atoms with Crippen molar-refractivity contribution in [2.45, 2.75) is 50.8 Å². The molecule has 0 bridgehead atoms. The highest BCUT2D eigenvalue weighted by Crippen LogP contribution is 2.46. The smallest absolute Gasteiger partial charge is 0.0735 e. The Labute approximate surface area is 143 Å². The van der Waals surface area contributed by atoms with E-state index in [2.05, 4.69) is 22.4 Å². The van der Waals surface area contributed by atoms with Crippen LogP contribution in [-0.2, 0) is 11.3 Å². The Hall–Kier alpha value is -1.49. The lowest BCUT2D eigenvalue weighted by molar-refractivity contribution is -0.0516. The number of benzene rings is 1. The first-order valence-electron chi connectivity index (χ1n) is 9.10. The number of hydrogen-bond donors (Lipinski definition) is 2. The number of para-hydroxylation sites is 1. The minimum atomic E-state index is -0.000711. The summed E-state index contributed by atoms with van der Waals surface area (Å²) in [5.74, 6) is 0. The molecule has 1 saturated heterocycles. The molecule has 128 valence electrons. The van der Waals surface area contributed by atoms with Gasteiger partial charge in [0.25, 0.3) is 0 Å². The minimum absolute atomic E-state index is 0.000711. The average molecular weight is 326 g/mol. The van der Waals surface area contributed by atoms with E-state index in [1.54, 1.807) is 0 Å². The van der Waals surface area contributed by atoms with Gasteiger partial charge in [0.15, 0.2) is 0 Å². The normalized spacial score (nSPS) is 24.0. The van der Waals surface area contributed by atoms with Crippen molar-refractivity contribution in [2.75, 3.05) is 13.2 Å². The lowest BCUT2D eigenvalue weighted by atomic mass is 9.63. The first kappa shape index (κ1) is 16.0. The van der Waals surface area contributed by atoms with Crippen LogP contribution in [0.3, 0.4) is 0 Å². The zero-order valence-corrected chi connectivity index (χ0v) is 14.1. The van der Waals surface area contributed by atoms with Crippen molar-refractivity contribution in [1.29, 1.82) is 0 Å². The molecule has 4 nitrogen and oxygen atoms in total. The Morgan fingerprint density at radius 3 is 2.88 bits per heavy atom. The van der Waals surface area contributed by atoms with Crippen molar-refractivity contribution in [1.82, 2.24) is 10.3 Å². The Balaban J connectivity index is 1.51. The molecule has 1 aromatic heterocycles. The molecule has 2 unspecified atom stereocenters. The first-order valence-corrected chi connectivity index (χ1v) is 9.10. The standard InChI is InChI=1S/C20H26N2O2/c23-14-20(8-4-9-20)19(18-7-3-10-24-18)22-13-15-11-16-5-1-2-6-17(16)21-12-15/h1-2,5-6,11-12,18-19,22-23H,3-4,7-10,13-14H2. The predicted molar refractivity (Wildman–Crippen MR) is 94.7 cm³/mol. The van der Waals surface area contributed by atoms with E-state index in [1.807, 2.05) is 24.4 Å². The average Bonchev–Trinajstić information content (AvgIpc) is 3.11. The van der Waals surface area contributed by atoms with E-state index in [1.165, 1.54) is 17.4 Å². The van der Waals surface area contributed by atoms with Gasteiger partial charge in [-0.05, 0) is 43.4 Å². The van der Waals surface area contributed by atoms with E-state index in [9.17, 15) is 5.11 Å². The van der Waals surface area contributed by atoms with Crippen molar-refractivity contribution in [2.24, 2.45) is 5.41 Å². The molecule has 0 radical (unpaired) electrons. The highest BCUT2D eigenvalue weighted by Gasteiger charge is 2.47.